The number of nitrogens with zero attached hydrogens (tertiary/aromatic N) is 1. The smallest absolute Gasteiger partial charge is 0.413 e. The Morgan fingerprint density at radius 2 is 1.72 bits per heavy atom. The summed E-state index contributed by atoms with van der Waals surface area (Å²) < 4.78 is 29.7. The molecule has 2 aliphatic heterocycles. The topological polar surface area (TPSA) is 319 Å². The van der Waals surface area contributed by atoms with Crippen LogP contribution in [0.2, 0.25) is 0 Å². The molecule has 6 aliphatic rings. The van der Waals surface area contributed by atoms with Crippen LogP contribution < -0.4 is 20.7 Å². The quantitative estimate of drug-likeness (QED) is 0.0930. The van der Waals surface area contributed by atoms with Crippen molar-refractivity contribution in [2.24, 2.45) is 28.6 Å². The molecule has 0 radical (unpaired) electrons. The number of ketones is 2. The number of aliphatic hydroxyl groups is 5. The number of carboxylic acids is 1. The Hall–Kier alpha value is -5.47. The van der Waals surface area contributed by atoms with E-state index in [1.165, 1.54) is 29.5 Å². The van der Waals surface area contributed by atoms with Gasteiger partial charge in [-0.15, -0.1) is 11.3 Å². The second-order valence-electron chi connectivity index (χ2n) is 20.1. The Kier molecular flexibility index (Phi) is 15.3. The molecule has 3 aromatic rings. The number of hydrogen-bond donors (Lipinski definition) is 9. The highest BCUT2D eigenvalue weighted by molar-refractivity contribution is 9.09. The highest BCUT2D eigenvalue weighted by atomic mass is 79.9. The number of fused-ring (bicyclic) bond motifs is 7. The number of hydrogen-bond acceptors (Lipinski definition) is 18. The molecule has 23 heteroatoms. The Morgan fingerprint density at radius 1 is 0.959 bits per heavy atom. The number of carbonyl (C=O) groups is 6. The maximum atomic E-state index is 14.0. The summed E-state index contributed by atoms with van der Waals surface area (Å²) in [6.45, 7) is 3.01. The summed E-state index contributed by atoms with van der Waals surface area (Å²) in [5, 5.41) is 72.8. The summed E-state index contributed by atoms with van der Waals surface area (Å²) in [5.41, 5.74) is 0.0876. The molecule has 9 N–H and O–H groups in total. The van der Waals surface area contributed by atoms with E-state index in [2.05, 4.69) is 43.8 Å². The van der Waals surface area contributed by atoms with Crippen LogP contribution in [0.25, 0.3) is 0 Å². The molecule has 0 bridgehead atoms. The normalized spacial score (nSPS) is 33.8. The van der Waals surface area contributed by atoms with Gasteiger partial charge in [0.05, 0.1) is 28.2 Å². The van der Waals surface area contributed by atoms with Crippen LogP contribution in [-0.4, -0.2) is 138 Å². The van der Waals surface area contributed by atoms with Crippen LogP contribution >= 0.6 is 27.3 Å². The minimum absolute atomic E-state index is 0.0164. The summed E-state index contributed by atoms with van der Waals surface area (Å²) in [6.07, 6.45) is -5.06. The molecule has 1 aromatic heterocycles. The van der Waals surface area contributed by atoms with Gasteiger partial charge in [-0.05, 0) is 72.9 Å². The van der Waals surface area contributed by atoms with Crippen molar-refractivity contribution in [2.45, 2.75) is 114 Å². The lowest BCUT2D eigenvalue weighted by atomic mass is 9.46. The maximum absolute atomic E-state index is 14.0. The number of benzene rings is 2. The van der Waals surface area contributed by atoms with E-state index in [4.69, 9.17) is 23.7 Å². The number of anilines is 2. The monoisotopic (exact) mass is 1110 g/mol. The van der Waals surface area contributed by atoms with E-state index in [1.54, 1.807) is 17.5 Å². The summed E-state index contributed by atoms with van der Waals surface area (Å²) in [4.78, 5) is 80.0. The number of rotatable bonds is 16. The van der Waals surface area contributed by atoms with E-state index in [-0.39, 0.29) is 78.0 Å². The second kappa shape index (κ2) is 21.3. The van der Waals surface area contributed by atoms with E-state index in [9.17, 15) is 59.4 Å². The third-order valence-corrected chi connectivity index (χ3v) is 17.1. The molecule has 3 amide bonds. The van der Waals surface area contributed by atoms with Gasteiger partial charge in [0.2, 0.25) is 18.1 Å². The molecule has 396 valence electrons. The van der Waals surface area contributed by atoms with Crippen LogP contribution in [0.1, 0.15) is 73.9 Å². The minimum Gasteiger partial charge on any atom is -0.479 e. The molecular formula is C51H57BrN4O17S. The molecule has 3 heterocycles. The van der Waals surface area contributed by atoms with Crippen LogP contribution in [0.5, 0.6) is 5.75 Å². The zero-order valence-corrected chi connectivity index (χ0v) is 42.6. The first-order valence-corrected chi connectivity index (χ1v) is 26.2. The van der Waals surface area contributed by atoms with E-state index in [0.717, 1.165) is 17.6 Å². The van der Waals surface area contributed by atoms with Crippen molar-refractivity contribution < 1.29 is 83.1 Å². The van der Waals surface area contributed by atoms with E-state index in [1.807, 2.05) is 37.3 Å². The van der Waals surface area contributed by atoms with Gasteiger partial charge in [0.15, 0.2) is 29.6 Å². The fourth-order valence-corrected chi connectivity index (χ4v) is 13.2. The van der Waals surface area contributed by atoms with Crippen LogP contribution in [0.4, 0.5) is 16.3 Å². The van der Waals surface area contributed by atoms with Crippen LogP contribution in [0, 0.1) is 28.6 Å². The number of carbonyl (C=O) groups excluding carboxylic acids is 5. The van der Waals surface area contributed by atoms with Crippen molar-refractivity contribution in [3.8, 4) is 5.75 Å². The van der Waals surface area contributed by atoms with E-state index < -0.39 is 96.0 Å². The minimum atomic E-state index is -1.96. The maximum Gasteiger partial charge on any atom is 0.413 e. The number of nitrogens with one attached hydrogen (secondary N) is 3. The lowest BCUT2D eigenvalue weighted by Gasteiger charge is -2.59. The Bertz CT molecular complexity index is 2760. The van der Waals surface area contributed by atoms with Gasteiger partial charge < -0.3 is 65.0 Å². The first kappa shape index (κ1) is 53.4. The van der Waals surface area contributed by atoms with Crippen molar-refractivity contribution in [3.63, 3.8) is 0 Å². The number of amides is 3. The number of carboxylic acid groups (broad SMARTS) is 1. The number of ether oxygens (including phenoxy) is 5. The van der Waals surface area contributed by atoms with Gasteiger partial charge in [0, 0.05) is 47.1 Å². The van der Waals surface area contributed by atoms with Crippen LogP contribution in [-0.2, 0) is 55.9 Å². The second-order valence-corrected chi connectivity index (χ2v) is 21.6. The summed E-state index contributed by atoms with van der Waals surface area (Å²) in [7, 11) is 0. The summed E-state index contributed by atoms with van der Waals surface area (Å²) in [5.74, 6) is -3.15. The van der Waals surface area contributed by atoms with Gasteiger partial charge >= 0.3 is 12.1 Å². The number of Topliss-reactive ketones (excluding diaryl/α,β-unsaturated/α-hetero) is 1. The SMILES string of the molecule is C[C@]12C=CC(=O)C=C1CC[C@@H]1[C@@H]2[C@@H](O)C[C@@]2(C)[C@H]1C[C@H]1O[C@@H](c3ccc(Cc4nc(NC(=O)OCc5ccc(O[C@@H]6O[C@H](C(=O)O)[C@@H](O)[C@H](O)[C@H]6O)c(NC(=O)CCNC(=O)CBr)c5)cs4)cc3)O[C@]12C(=O)CO. The van der Waals surface area contributed by atoms with Crippen molar-refractivity contribution in [1.29, 1.82) is 0 Å². The first-order valence-electron chi connectivity index (χ1n) is 24.2. The third-order valence-electron chi connectivity index (χ3n) is 15.7. The molecule has 0 spiro atoms. The standard InChI is InChI=1S/C51H57BrN4O17S/c1-49-13-11-28(58)17-27(49)8-9-29-30-18-35-51(34(60)21-57,50(30,2)19-32(59)40(29)49)73-46(71-35)26-6-3-24(4-7-26)16-39-55-36(23-74-39)56-48(68)69-22-25-5-10-33(31(15-25)54-37(61)12-14-53-38(62)20-52)70-47-43(65)41(63)42(64)44(72-47)45(66)67/h3-7,10-11,13,15,17,23,29-30,32,35,40-44,46-47,57,59,63-65H,8-9,12,14,16,18-22H2,1-2H3,(H,53,62)(H,54,61)(H,56,68)(H,66,67)/t29-,30-,32-,35+,40+,41-,42-,43+,44-,46+,47+,49-,50-,51+/m0/s1. The van der Waals surface area contributed by atoms with Gasteiger partial charge in [-0.1, -0.05) is 71.8 Å². The molecule has 21 nitrogen and oxygen atoms in total. The molecule has 14 atom stereocenters. The number of thiazole rings is 1. The van der Waals surface area contributed by atoms with Crippen molar-refractivity contribution in [1.82, 2.24) is 10.3 Å². The highest BCUT2D eigenvalue weighted by Crippen LogP contribution is 2.70. The highest BCUT2D eigenvalue weighted by Gasteiger charge is 2.76. The average Bonchev–Trinajstić information content (AvgIpc) is 4.06. The number of aromatic nitrogens is 1. The fourth-order valence-electron chi connectivity index (χ4n) is 12.3. The number of aliphatic hydroxyl groups excluding tert-OH is 5. The fraction of sp³-hybridized carbons (Fsp3) is 0.510. The van der Waals surface area contributed by atoms with Gasteiger partial charge in [-0.3, -0.25) is 24.5 Å². The lowest BCUT2D eigenvalue weighted by molar-refractivity contribution is -0.271. The van der Waals surface area contributed by atoms with Crippen LogP contribution in [0.3, 0.4) is 0 Å². The third kappa shape index (κ3) is 9.94. The molecule has 2 saturated heterocycles. The number of alkyl halides is 1. The molecule has 0 unspecified atom stereocenters. The van der Waals surface area contributed by atoms with E-state index >= 15 is 0 Å². The Balaban J connectivity index is 0.814. The zero-order valence-electron chi connectivity index (χ0n) is 40.2. The van der Waals surface area contributed by atoms with Crippen LogP contribution in [0.15, 0.2) is 71.6 Å². The summed E-state index contributed by atoms with van der Waals surface area (Å²) >= 11 is 4.32. The van der Waals surface area contributed by atoms with Crippen molar-refractivity contribution >= 4 is 74.2 Å². The largest absolute Gasteiger partial charge is 0.479 e. The predicted octanol–water partition coefficient (Wildman–Crippen LogP) is 3.20. The zero-order chi connectivity index (χ0) is 52.9. The lowest BCUT2D eigenvalue weighted by Crippen LogP contribution is -2.63. The number of halogens is 1. The molecule has 74 heavy (non-hydrogen) atoms. The van der Waals surface area contributed by atoms with E-state index in [0.29, 0.717) is 35.4 Å². The molecule has 3 saturated carbocycles. The Morgan fingerprint density at radius 3 is 2.45 bits per heavy atom. The van der Waals surface area contributed by atoms with Crippen molar-refractivity contribution in [3.05, 3.63) is 93.3 Å². The number of aliphatic carboxylic acids is 1. The summed E-state index contributed by atoms with van der Waals surface area (Å²) in [6, 6.07) is 11.6. The molecule has 5 fully saturated rings. The molecule has 4 aliphatic carbocycles. The average molecular weight is 1110 g/mol. The first-order chi connectivity index (χ1) is 35.3. The Labute approximate surface area is 436 Å². The molecular weight excluding hydrogens is 1050 g/mol. The predicted molar refractivity (Wildman–Crippen MR) is 264 cm³/mol. The van der Waals surface area contributed by atoms with Gasteiger partial charge in [-0.25, -0.2) is 14.6 Å². The van der Waals surface area contributed by atoms with Crippen molar-refractivity contribution in [2.75, 3.05) is 29.1 Å². The van der Waals surface area contributed by atoms with Gasteiger partial charge in [-0.2, -0.15) is 0 Å². The molecule has 9 rings (SSSR count). The van der Waals surface area contributed by atoms with Gasteiger partial charge in [0.1, 0.15) is 43.1 Å². The molecule has 2 aromatic carbocycles. The van der Waals surface area contributed by atoms with Gasteiger partial charge in [0.25, 0.3) is 0 Å². The number of allylic oxidation sites excluding steroid dienone is 4.